The van der Waals surface area contributed by atoms with Crippen LogP contribution in [0.3, 0.4) is 0 Å². The van der Waals surface area contributed by atoms with E-state index in [2.05, 4.69) is 4.98 Å². The molecular weight excluding hydrogens is 471 g/mol. The van der Waals surface area contributed by atoms with Gasteiger partial charge in [-0.1, -0.05) is 19.3 Å². The fourth-order valence-corrected chi connectivity index (χ4v) is 5.26. The van der Waals surface area contributed by atoms with Crippen LogP contribution in [0.15, 0.2) is 52.4 Å². The number of hydrogen-bond donors (Lipinski definition) is 1. The second-order valence-electron chi connectivity index (χ2n) is 8.47. The molecule has 11 heteroatoms. The van der Waals surface area contributed by atoms with Crippen LogP contribution in [0, 0.1) is 6.92 Å². The van der Waals surface area contributed by atoms with E-state index in [1.807, 2.05) is 12.3 Å². The lowest BCUT2D eigenvalue weighted by Gasteiger charge is -2.24. The molecule has 1 saturated carbocycles. The van der Waals surface area contributed by atoms with E-state index in [-0.39, 0.29) is 23.8 Å². The van der Waals surface area contributed by atoms with Crippen molar-refractivity contribution < 1.29 is 26.7 Å². The highest BCUT2D eigenvalue weighted by Crippen LogP contribution is 2.35. The first-order valence-corrected chi connectivity index (χ1v) is 12.4. The Morgan fingerprint density at radius 1 is 1.09 bits per heavy atom. The van der Waals surface area contributed by atoms with E-state index < -0.39 is 25.9 Å². The minimum Gasteiger partial charge on any atom is -0.493 e. The van der Waals surface area contributed by atoms with Gasteiger partial charge in [0.05, 0.1) is 22.8 Å². The summed E-state index contributed by atoms with van der Waals surface area (Å²) in [5.74, 6) is -0.0167. The van der Waals surface area contributed by atoms with Crippen molar-refractivity contribution in [2.75, 3.05) is 0 Å². The van der Waals surface area contributed by atoms with Gasteiger partial charge in [0.1, 0.15) is 0 Å². The molecule has 1 fully saturated rings. The number of rotatable bonds is 5. The average molecular weight is 496 g/mol. The van der Waals surface area contributed by atoms with E-state index in [1.165, 1.54) is 11.0 Å². The number of benzene rings is 1. The summed E-state index contributed by atoms with van der Waals surface area (Å²) >= 11 is 0. The Morgan fingerprint density at radius 2 is 1.74 bits per heavy atom. The minimum atomic E-state index is -5.52. The molecule has 0 bridgehead atoms. The average Bonchev–Trinajstić information content (AvgIpc) is 3.02. The maximum Gasteiger partial charge on any atom is 0.501 e. The predicted molar refractivity (Wildman–Crippen MR) is 119 cm³/mol. The lowest BCUT2D eigenvalue weighted by molar-refractivity contribution is -0.0436. The van der Waals surface area contributed by atoms with Crippen molar-refractivity contribution in [2.24, 2.45) is 0 Å². The molecule has 2 heterocycles. The van der Waals surface area contributed by atoms with Crippen LogP contribution < -0.4 is 5.69 Å². The van der Waals surface area contributed by atoms with Gasteiger partial charge in [-0.15, -0.1) is 0 Å². The molecule has 7 nitrogen and oxygen atoms in total. The number of aromatic nitrogens is 3. The number of halogens is 3. The van der Waals surface area contributed by atoms with Gasteiger partial charge in [-0.2, -0.15) is 13.2 Å². The van der Waals surface area contributed by atoms with Crippen molar-refractivity contribution in [2.45, 2.75) is 61.9 Å². The third kappa shape index (κ3) is 4.24. The summed E-state index contributed by atoms with van der Waals surface area (Å²) in [4.78, 5) is 16.5. The Kier molecular flexibility index (Phi) is 6.32. The van der Waals surface area contributed by atoms with Crippen molar-refractivity contribution in [1.82, 2.24) is 14.1 Å². The number of imidazole rings is 1. The Balaban J connectivity index is 1.70. The van der Waals surface area contributed by atoms with Crippen molar-refractivity contribution in [1.29, 1.82) is 0 Å². The van der Waals surface area contributed by atoms with Crippen LogP contribution in [-0.2, 0) is 16.4 Å². The minimum absolute atomic E-state index is 0.0488. The first-order chi connectivity index (χ1) is 16.0. The highest BCUT2D eigenvalue weighted by molar-refractivity contribution is 7.92. The number of sulfone groups is 1. The molecule has 0 atom stereocenters. The first kappa shape index (κ1) is 24.1. The second-order valence-corrected chi connectivity index (χ2v) is 10.4. The van der Waals surface area contributed by atoms with E-state index in [1.54, 1.807) is 13.1 Å². The number of aromatic hydroxyl groups is 1. The molecule has 182 valence electrons. The van der Waals surface area contributed by atoms with Crippen molar-refractivity contribution >= 4 is 9.84 Å². The summed E-state index contributed by atoms with van der Waals surface area (Å²) in [5.41, 5.74) is -3.71. The van der Waals surface area contributed by atoms with Crippen LogP contribution >= 0.6 is 0 Å². The molecule has 1 aliphatic carbocycles. The zero-order chi connectivity index (χ0) is 24.7. The quantitative estimate of drug-likeness (QED) is 0.565. The standard InChI is InChI=1S/C23H24F3N3O4S/c1-15-21(30)29(18-7-9-19(10-8-18)34(32,33)23(24,25)26)22(31)28(15)14-17-11-12-27-13-20(17)16-5-3-2-4-6-16/h7-13,16,30H,2-6,14H2,1H3. The summed E-state index contributed by atoms with van der Waals surface area (Å²) in [7, 11) is -5.52. The van der Waals surface area contributed by atoms with Gasteiger partial charge in [0.2, 0.25) is 5.88 Å². The maximum atomic E-state index is 13.2. The van der Waals surface area contributed by atoms with E-state index >= 15 is 0 Å². The molecule has 0 aliphatic heterocycles. The Morgan fingerprint density at radius 3 is 2.35 bits per heavy atom. The molecule has 0 radical (unpaired) electrons. The molecule has 34 heavy (non-hydrogen) atoms. The van der Waals surface area contributed by atoms with E-state index in [9.17, 15) is 31.5 Å². The highest BCUT2D eigenvalue weighted by atomic mass is 32.2. The normalized spacial score (nSPS) is 15.5. The molecule has 1 aromatic carbocycles. The van der Waals surface area contributed by atoms with Crippen molar-refractivity contribution in [3.63, 3.8) is 0 Å². The summed E-state index contributed by atoms with van der Waals surface area (Å²) in [6.45, 7) is 1.76. The SMILES string of the molecule is Cc1c(O)n(-c2ccc(S(=O)(=O)C(F)(F)F)cc2)c(=O)n1Cc1ccncc1C1CCCCC1. The zero-order valence-corrected chi connectivity index (χ0v) is 19.2. The van der Waals surface area contributed by atoms with Gasteiger partial charge in [-0.25, -0.2) is 17.8 Å². The number of hydrogen-bond acceptors (Lipinski definition) is 5. The Labute approximate surface area is 194 Å². The number of pyridine rings is 1. The molecule has 1 N–H and O–H groups in total. The monoisotopic (exact) mass is 495 g/mol. The molecule has 2 aromatic heterocycles. The molecule has 0 unspecified atom stereocenters. The Hall–Kier alpha value is -3.08. The fourth-order valence-electron chi connectivity index (χ4n) is 4.50. The molecule has 4 rings (SSSR count). The van der Waals surface area contributed by atoms with E-state index in [4.69, 9.17) is 0 Å². The molecule has 3 aromatic rings. The molecule has 0 amide bonds. The highest BCUT2D eigenvalue weighted by Gasteiger charge is 2.46. The van der Waals surface area contributed by atoms with Gasteiger partial charge in [0.15, 0.2) is 0 Å². The number of nitrogens with zero attached hydrogens (tertiary/aromatic N) is 3. The zero-order valence-electron chi connectivity index (χ0n) is 18.4. The van der Waals surface area contributed by atoms with E-state index in [0.29, 0.717) is 5.92 Å². The number of alkyl halides is 3. The fraction of sp³-hybridized carbons (Fsp3) is 0.391. The van der Waals surface area contributed by atoms with Crippen LogP contribution in [0.2, 0.25) is 0 Å². The molecule has 0 saturated heterocycles. The van der Waals surface area contributed by atoms with Crippen LogP contribution in [0.1, 0.15) is 54.8 Å². The van der Waals surface area contributed by atoms with Crippen LogP contribution in [0.5, 0.6) is 5.88 Å². The molecule has 0 spiro atoms. The van der Waals surface area contributed by atoms with Crippen LogP contribution in [0.25, 0.3) is 5.69 Å². The van der Waals surface area contributed by atoms with Gasteiger partial charge in [-0.3, -0.25) is 9.55 Å². The second kappa shape index (κ2) is 8.94. The third-order valence-electron chi connectivity index (χ3n) is 6.39. The van der Waals surface area contributed by atoms with Crippen molar-refractivity contribution in [3.8, 4) is 11.6 Å². The topological polar surface area (TPSA) is 94.2 Å². The largest absolute Gasteiger partial charge is 0.501 e. The summed E-state index contributed by atoms with van der Waals surface area (Å²) in [6.07, 6.45) is 9.04. The van der Waals surface area contributed by atoms with Gasteiger partial charge in [0.25, 0.3) is 9.84 Å². The summed E-state index contributed by atoms with van der Waals surface area (Å²) < 4.78 is 64.0. The molecular formula is C23H24F3N3O4S. The van der Waals surface area contributed by atoms with Gasteiger partial charge in [0, 0.05) is 12.4 Å². The van der Waals surface area contributed by atoms with E-state index in [0.717, 1.165) is 65.6 Å². The van der Waals surface area contributed by atoms with Crippen LogP contribution in [0.4, 0.5) is 13.2 Å². The van der Waals surface area contributed by atoms with Gasteiger partial charge >= 0.3 is 11.2 Å². The van der Waals surface area contributed by atoms with Crippen LogP contribution in [-0.4, -0.2) is 33.2 Å². The van der Waals surface area contributed by atoms with Gasteiger partial charge < -0.3 is 5.11 Å². The lowest BCUT2D eigenvalue weighted by Crippen LogP contribution is -2.25. The molecule has 1 aliphatic rings. The predicted octanol–water partition coefficient (Wildman–Crippen LogP) is 4.44. The van der Waals surface area contributed by atoms with Gasteiger partial charge in [-0.05, 0) is 67.1 Å². The lowest BCUT2D eigenvalue weighted by atomic mass is 9.83. The first-order valence-electron chi connectivity index (χ1n) is 10.9. The smallest absolute Gasteiger partial charge is 0.493 e. The third-order valence-corrected chi connectivity index (χ3v) is 7.89. The Bertz CT molecular complexity index is 1350. The summed E-state index contributed by atoms with van der Waals surface area (Å²) in [5, 5.41) is 10.6. The summed E-state index contributed by atoms with van der Waals surface area (Å²) in [6, 6.07) is 5.50. The maximum absolute atomic E-state index is 13.2. The van der Waals surface area contributed by atoms with Crippen molar-refractivity contribution in [3.05, 3.63) is 70.0 Å².